The Morgan fingerprint density at radius 1 is 1.06 bits per heavy atom. The Bertz CT molecular complexity index is 666. The van der Waals surface area contributed by atoms with Crippen LogP contribution in [0.5, 0.6) is 0 Å². The smallest absolute Gasteiger partial charge is 0.102 e. The quantitative estimate of drug-likeness (QED) is 0.635. The van der Waals surface area contributed by atoms with Gasteiger partial charge in [-0.3, -0.25) is 9.67 Å². The molecule has 0 N–H and O–H groups in total. The first-order chi connectivity index (χ1) is 8.25. The number of benzene rings is 1. The summed E-state index contributed by atoms with van der Waals surface area (Å²) in [4.78, 5) is 4.18. The minimum atomic E-state index is 0.996. The van der Waals surface area contributed by atoms with Gasteiger partial charge in [-0.2, -0.15) is 5.10 Å². The van der Waals surface area contributed by atoms with Gasteiger partial charge in [-0.1, -0.05) is 29.8 Å². The molecule has 0 fully saturated rings. The van der Waals surface area contributed by atoms with Crippen LogP contribution in [0.3, 0.4) is 0 Å². The number of nitrogens with zero attached hydrogens (tertiary/aromatic N) is 3. The van der Waals surface area contributed by atoms with E-state index in [-0.39, 0.29) is 0 Å². The molecule has 0 amide bonds. The van der Waals surface area contributed by atoms with E-state index in [0.29, 0.717) is 0 Å². The molecular weight excluding hydrogens is 210 g/mol. The van der Waals surface area contributed by atoms with Crippen molar-refractivity contribution in [3.05, 3.63) is 48.3 Å². The van der Waals surface area contributed by atoms with Gasteiger partial charge in [-0.05, 0) is 13.0 Å². The van der Waals surface area contributed by atoms with Crippen molar-refractivity contribution in [2.45, 2.75) is 6.92 Å². The molecule has 2 aromatic heterocycles. The summed E-state index contributed by atoms with van der Waals surface area (Å²) < 4.78 is 1.90. The van der Waals surface area contributed by atoms with Crippen molar-refractivity contribution in [1.29, 1.82) is 0 Å². The first-order valence-electron chi connectivity index (χ1n) is 5.59. The second kappa shape index (κ2) is 3.70. The molecule has 0 saturated carbocycles. The summed E-state index contributed by atoms with van der Waals surface area (Å²) in [6.07, 6.45) is 3.67. The van der Waals surface area contributed by atoms with Gasteiger partial charge in [0.2, 0.25) is 0 Å². The Balaban J connectivity index is 2.27. The predicted octanol–water partition coefficient (Wildman–Crippen LogP) is 2.94. The number of aryl methyl sites for hydroxylation is 2. The van der Waals surface area contributed by atoms with Crippen LogP contribution >= 0.6 is 0 Å². The standard InChI is InChI=1S/C14H13N3/c1-10-3-5-11(6-4-10)14-12-9-15-8-7-13(12)17(2)16-14/h3-9H,1-2H3. The zero-order chi connectivity index (χ0) is 11.8. The van der Waals surface area contributed by atoms with Crippen molar-refractivity contribution in [2.24, 2.45) is 7.05 Å². The molecule has 0 bridgehead atoms. The lowest BCUT2D eigenvalue weighted by molar-refractivity contribution is 0.800. The van der Waals surface area contributed by atoms with Crippen molar-refractivity contribution >= 4 is 10.9 Å². The third kappa shape index (κ3) is 1.60. The lowest BCUT2D eigenvalue weighted by Gasteiger charge is -1.98. The van der Waals surface area contributed by atoms with Crippen LogP contribution in [0.1, 0.15) is 5.56 Å². The van der Waals surface area contributed by atoms with Gasteiger partial charge in [-0.15, -0.1) is 0 Å². The van der Waals surface area contributed by atoms with E-state index in [1.165, 1.54) is 5.56 Å². The molecule has 3 nitrogen and oxygen atoms in total. The largest absolute Gasteiger partial charge is 0.267 e. The van der Waals surface area contributed by atoms with Gasteiger partial charge in [0.1, 0.15) is 5.69 Å². The average molecular weight is 223 g/mol. The molecule has 0 radical (unpaired) electrons. The fourth-order valence-corrected chi connectivity index (χ4v) is 2.03. The van der Waals surface area contributed by atoms with E-state index in [1.807, 2.05) is 24.0 Å². The van der Waals surface area contributed by atoms with E-state index in [2.05, 4.69) is 41.3 Å². The van der Waals surface area contributed by atoms with E-state index in [0.717, 1.165) is 22.2 Å². The topological polar surface area (TPSA) is 30.7 Å². The van der Waals surface area contributed by atoms with Crippen molar-refractivity contribution in [3.8, 4) is 11.3 Å². The first-order valence-corrected chi connectivity index (χ1v) is 5.59. The molecule has 3 heteroatoms. The van der Waals surface area contributed by atoms with Crippen molar-refractivity contribution in [1.82, 2.24) is 14.8 Å². The first kappa shape index (κ1) is 10.0. The summed E-state index contributed by atoms with van der Waals surface area (Å²) in [5.41, 5.74) is 4.49. The Kier molecular flexibility index (Phi) is 2.18. The molecular formula is C14H13N3. The summed E-state index contributed by atoms with van der Waals surface area (Å²) >= 11 is 0. The third-order valence-corrected chi connectivity index (χ3v) is 2.98. The second-order valence-electron chi connectivity index (χ2n) is 4.23. The lowest BCUT2D eigenvalue weighted by atomic mass is 10.1. The van der Waals surface area contributed by atoms with Gasteiger partial charge in [0.25, 0.3) is 0 Å². The van der Waals surface area contributed by atoms with Crippen molar-refractivity contribution in [3.63, 3.8) is 0 Å². The Labute approximate surface area is 99.7 Å². The molecule has 3 aromatic rings. The minimum Gasteiger partial charge on any atom is -0.267 e. The molecule has 0 aliphatic heterocycles. The van der Waals surface area contributed by atoms with E-state index in [9.17, 15) is 0 Å². The Morgan fingerprint density at radius 2 is 1.82 bits per heavy atom. The number of hydrogen-bond donors (Lipinski definition) is 0. The fourth-order valence-electron chi connectivity index (χ4n) is 2.03. The second-order valence-corrected chi connectivity index (χ2v) is 4.23. The Hall–Kier alpha value is -2.16. The van der Waals surface area contributed by atoms with Gasteiger partial charge in [-0.25, -0.2) is 0 Å². The van der Waals surface area contributed by atoms with Crippen LogP contribution in [-0.2, 0) is 7.05 Å². The monoisotopic (exact) mass is 223 g/mol. The zero-order valence-electron chi connectivity index (χ0n) is 9.88. The molecule has 1 aromatic carbocycles. The molecule has 17 heavy (non-hydrogen) atoms. The van der Waals surface area contributed by atoms with Crippen LogP contribution in [0.25, 0.3) is 22.2 Å². The normalized spacial score (nSPS) is 10.9. The van der Waals surface area contributed by atoms with Gasteiger partial charge in [0.15, 0.2) is 0 Å². The fraction of sp³-hybridized carbons (Fsp3) is 0.143. The number of rotatable bonds is 1. The maximum Gasteiger partial charge on any atom is 0.102 e. The summed E-state index contributed by atoms with van der Waals surface area (Å²) in [6, 6.07) is 10.4. The van der Waals surface area contributed by atoms with Crippen LogP contribution in [-0.4, -0.2) is 14.8 Å². The summed E-state index contributed by atoms with van der Waals surface area (Å²) in [7, 11) is 1.96. The molecule has 0 saturated heterocycles. The number of pyridine rings is 1. The summed E-state index contributed by atoms with van der Waals surface area (Å²) in [6.45, 7) is 2.09. The lowest BCUT2D eigenvalue weighted by Crippen LogP contribution is -1.89. The van der Waals surface area contributed by atoms with Crippen LogP contribution in [0.4, 0.5) is 0 Å². The minimum absolute atomic E-state index is 0.996. The van der Waals surface area contributed by atoms with Crippen LogP contribution in [0.15, 0.2) is 42.7 Å². The maximum absolute atomic E-state index is 4.57. The molecule has 0 aliphatic carbocycles. The van der Waals surface area contributed by atoms with Crippen molar-refractivity contribution < 1.29 is 0 Å². The molecule has 0 spiro atoms. The van der Waals surface area contributed by atoms with E-state index in [1.54, 1.807) is 6.20 Å². The van der Waals surface area contributed by atoms with Gasteiger partial charge >= 0.3 is 0 Å². The molecule has 0 atom stereocenters. The highest BCUT2D eigenvalue weighted by atomic mass is 15.3. The highest BCUT2D eigenvalue weighted by Crippen LogP contribution is 2.26. The van der Waals surface area contributed by atoms with E-state index < -0.39 is 0 Å². The molecule has 2 heterocycles. The molecule has 3 rings (SSSR count). The van der Waals surface area contributed by atoms with E-state index >= 15 is 0 Å². The van der Waals surface area contributed by atoms with E-state index in [4.69, 9.17) is 0 Å². The number of fused-ring (bicyclic) bond motifs is 1. The number of hydrogen-bond acceptors (Lipinski definition) is 2. The highest BCUT2D eigenvalue weighted by molar-refractivity contribution is 5.92. The molecule has 0 aliphatic rings. The third-order valence-electron chi connectivity index (χ3n) is 2.98. The maximum atomic E-state index is 4.57. The SMILES string of the molecule is Cc1ccc(-c2nn(C)c3ccncc23)cc1. The Morgan fingerprint density at radius 3 is 2.59 bits per heavy atom. The van der Waals surface area contributed by atoms with Gasteiger partial charge in [0.05, 0.1) is 5.52 Å². The van der Waals surface area contributed by atoms with Crippen molar-refractivity contribution in [2.75, 3.05) is 0 Å². The van der Waals surface area contributed by atoms with Crippen LogP contribution in [0.2, 0.25) is 0 Å². The molecule has 84 valence electrons. The summed E-state index contributed by atoms with van der Waals surface area (Å²) in [5.74, 6) is 0. The van der Waals surface area contributed by atoms with Gasteiger partial charge < -0.3 is 0 Å². The highest BCUT2D eigenvalue weighted by Gasteiger charge is 2.09. The predicted molar refractivity (Wildman–Crippen MR) is 68.7 cm³/mol. The van der Waals surface area contributed by atoms with Gasteiger partial charge in [0, 0.05) is 30.4 Å². The zero-order valence-corrected chi connectivity index (χ0v) is 9.88. The van der Waals surface area contributed by atoms with Crippen LogP contribution in [0, 0.1) is 6.92 Å². The average Bonchev–Trinajstić information content (AvgIpc) is 2.69. The van der Waals surface area contributed by atoms with Crippen LogP contribution < -0.4 is 0 Å². The summed E-state index contributed by atoms with van der Waals surface area (Å²) in [5, 5.41) is 5.66. The number of aromatic nitrogens is 3. The molecule has 0 unspecified atom stereocenters.